The van der Waals surface area contributed by atoms with E-state index in [0.717, 1.165) is 16.9 Å². The molecule has 6 nitrogen and oxygen atoms in total. The summed E-state index contributed by atoms with van der Waals surface area (Å²) in [5.41, 5.74) is 1.29. The zero-order valence-corrected chi connectivity index (χ0v) is 16.8. The summed E-state index contributed by atoms with van der Waals surface area (Å²) < 4.78 is 26.8. The fourth-order valence-corrected chi connectivity index (χ4v) is 2.36. The van der Waals surface area contributed by atoms with Gasteiger partial charge in [0.2, 0.25) is 0 Å². The normalized spacial score (nSPS) is 11.5. The van der Waals surface area contributed by atoms with Gasteiger partial charge in [-0.1, -0.05) is 12.2 Å². The van der Waals surface area contributed by atoms with Crippen LogP contribution >= 0.6 is 0 Å². The molecule has 0 atom stereocenters. The van der Waals surface area contributed by atoms with Crippen molar-refractivity contribution in [3.63, 3.8) is 0 Å². The van der Waals surface area contributed by atoms with Crippen LogP contribution in [0.5, 0.6) is 17.2 Å². The summed E-state index contributed by atoms with van der Waals surface area (Å²) in [6.07, 6.45) is 4.35. The van der Waals surface area contributed by atoms with Gasteiger partial charge in [-0.25, -0.2) is 0 Å². The minimum absolute atomic E-state index is 0.125. The Morgan fingerprint density at radius 2 is 1.73 bits per heavy atom. The van der Waals surface area contributed by atoms with Gasteiger partial charge in [-0.2, -0.15) is 0 Å². The summed E-state index contributed by atoms with van der Waals surface area (Å²) >= 11 is 0. The molecule has 146 valence electrons. The van der Waals surface area contributed by atoms with Crippen molar-refractivity contribution >= 4 is 5.97 Å². The van der Waals surface area contributed by atoms with Gasteiger partial charge in [0.05, 0.1) is 19.6 Å². The number of carbonyl (C=O) groups excluding carboxylic acids is 1. The maximum absolute atomic E-state index is 11.7. The lowest BCUT2D eigenvalue weighted by Gasteiger charge is -2.18. The molecule has 0 amide bonds. The van der Waals surface area contributed by atoms with Gasteiger partial charge in [0.25, 0.3) is 0 Å². The Balaban J connectivity index is 2.89. The molecule has 0 aliphatic rings. The van der Waals surface area contributed by atoms with E-state index in [1.54, 1.807) is 21.3 Å². The molecule has 0 bridgehead atoms. The van der Waals surface area contributed by atoms with E-state index in [1.807, 2.05) is 45.9 Å². The Hall–Kier alpha value is -2.21. The van der Waals surface area contributed by atoms with Crippen LogP contribution in [0, 0.1) is 12.3 Å². The molecule has 26 heavy (non-hydrogen) atoms. The van der Waals surface area contributed by atoms with Crippen LogP contribution < -0.4 is 14.2 Å². The predicted molar refractivity (Wildman–Crippen MR) is 100 cm³/mol. The van der Waals surface area contributed by atoms with E-state index in [9.17, 15) is 4.79 Å². The van der Waals surface area contributed by atoms with Gasteiger partial charge in [-0.3, -0.25) is 4.79 Å². The van der Waals surface area contributed by atoms with Crippen LogP contribution in [0.15, 0.2) is 18.2 Å². The fourth-order valence-electron chi connectivity index (χ4n) is 2.36. The monoisotopic (exact) mass is 366 g/mol. The summed E-state index contributed by atoms with van der Waals surface area (Å²) in [7, 11) is 4.77. The van der Waals surface area contributed by atoms with Crippen molar-refractivity contribution in [1.29, 1.82) is 0 Å². The van der Waals surface area contributed by atoms with Crippen molar-refractivity contribution in [3.8, 4) is 17.2 Å². The third kappa shape index (κ3) is 5.95. The molecule has 1 aromatic carbocycles. The molecular formula is C20H30O6. The van der Waals surface area contributed by atoms with E-state index in [4.69, 9.17) is 23.7 Å². The summed E-state index contributed by atoms with van der Waals surface area (Å²) in [5, 5.41) is 0. The maximum Gasteiger partial charge on any atom is 0.311 e. The van der Waals surface area contributed by atoms with Crippen LogP contribution in [0.25, 0.3) is 0 Å². The lowest BCUT2D eigenvalue weighted by atomic mass is 9.97. The molecule has 0 fully saturated rings. The van der Waals surface area contributed by atoms with Crippen molar-refractivity contribution < 1.29 is 28.5 Å². The van der Waals surface area contributed by atoms with Crippen molar-refractivity contribution in [2.45, 2.75) is 34.1 Å². The lowest BCUT2D eigenvalue weighted by molar-refractivity contribution is -0.151. The first kappa shape index (κ1) is 21.8. The fraction of sp³-hybridized carbons (Fsp3) is 0.550. The highest BCUT2D eigenvalue weighted by Crippen LogP contribution is 2.40. The molecule has 0 saturated heterocycles. The zero-order valence-electron chi connectivity index (χ0n) is 16.8. The first-order chi connectivity index (χ1) is 12.3. The zero-order chi connectivity index (χ0) is 19.7. The topological polar surface area (TPSA) is 63.2 Å². The smallest absolute Gasteiger partial charge is 0.311 e. The summed E-state index contributed by atoms with van der Waals surface area (Å²) in [6, 6.07) is 1.87. The first-order valence-corrected chi connectivity index (χ1v) is 8.44. The van der Waals surface area contributed by atoms with Gasteiger partial charge in [-0.05, 0) is 40.2 Å². The van der Waals surface area contributed by atoms with Crippen LogP contribution in [0.1, 0.15) is 31.9 Å². The minimum Gasteiger partial charge on any atom is -0.496 e. The number of esters is 1. The van der Waals surface area contributed by atoms with E-state index >= 15 is 0 Å². The highest BCUT2D eigenvalue weighted by molar-refractivity contribution is 5.75. The number of ether oxygens (including phenoxy) is 5. The SMILES string of the molecule is COCOc1cc(C/C=C/COC(=O)C(C)(C)C)c(OC)c(C)c1OC. The van der Waals surface area contributed by atoms with Crippen molar-refractivity contribution in [1.82, 2.24) is 0 Å². The van der Waals surface area contributed by atoms with Crippen LogP contribution in [0.4, 0.5) is 0 Å². The molecule has 6 heteroatoms. The van der Waals surface area contributed by atoms with Gasteiger partial charge in [-0.15, -0.1) is 0 Å². The molecule has 0 aliphatic carbocycles. The van der Waals surface area contributed by atoms with Gasteiger partial charge in [0.1, 0.15) is 12.4 Å². The first-order valence-electron chi connectivity index (χ1n) is 8.44. The quantitative estimate of drug-likeness (QED) is 0.377. The maximum atomic E-state index is 11.7. The predicted octanol–water partition coefficient (Wildman–Crippen LogP) is 3.68. The average Bonchev–Trinajstić information content (AvgIpc) is 2.58. The van der Waals surface area contributed by atoms with Crippen LogP contribution in [0.3, 0.4) is 0 Å². The summed E-state index contributed by atoms with van der Waals surface area (Å²) in [6.45, 7) is 7.75. The number of hydrogen-bond acceptors (Lipinski definition) is 6. The number of hydrogen-bond donors (Lipinski definition) is 0. The third-order valence-electron chi connectivity index (χ3n) is 3.67. The van der Waals surface area contributed by atoms with Crippen LogP contribution in [-0.2, 0) is 20.7 Å². The molecule has 0 saturated carbocycles. The van der Waals surface area contributed by atoms with Gasteiger partial charge < -0.3 is 23.7 Å². The number of rotatable bonds is 9. The molecule has 0 N–H and O–H groups in total. The van der Waals surface area contributed by atoms with Gasteiger partial charge >= 0.3 is 5.97 Å². The van der Waals surface area contributed by atoms with Crippen molar-refractivity contribution in [2.24, 2.45) is 5.41 Å². The Kier molecular flexibility index (Phi) is 8.45. The second-order valence-corrected chi connectivity index (χ2v) is 6.80. The number of benzene rings is 1. The second kappa shape index (κ2) is 10.1. The van der Waals surface area contributed by atoms with Gasteiger partial charge in [0.15, 0.2) is 18.3 Å². The molecule has 0 aliphatic heterocycles. The molecule has 0 unspecified atom stereocenters. The molecule has 0 heterocycles. The highest BCUT2D eigenvalue weighted by atomic mass is 16.7. The Bertz CT molecular complexity index is 628. The number of carbonyl (C=O) groups is 1. The molecule has 0 radical (unpaired) electrons. The van der Waals surface area contributed by atoms with E-state index < -0.39 is 5.41 Å². The molecule has 1 aromatic rings. The minimum atomic E-state index is -0.502. The Morgan fingerprint density at radius 1 is 1.08 bits per heavy atom. The number of methoxy groups -OCH3 is 3. The van der Waals surface area contributed by atoms with E-state index in [0.29, 0.717) is 17.9 Å². The molecule has 0 spiro atoms. The van der Waals surface area contributed by atoms with Crippen LogP contribution in [0.2, 0.25) is 0 Å². The summed E-state index contributed by atoms with van der Waals surface area (Å²) in [4.78, 5) is 11.7. The molecule has 0 aromatic heterocycles. The van der Waals surface area contributed by atoms with E-state index in [1.165, 1.54) is 0 Å². The van der Waals surface area contributed by atoms with E-state index in [2.05, 4.69) is 0 Å². The Labute approximate surface area is 156 Å². The second-order valence-electron chi connectivity index (χ2n) is 6.80. The average molecular weight is 366 g/mol. The third-order valence-corrected chi connectivity index (χ3v) is 3.67. The molecular weight excluding hydrogens is 336 g/mol. The summed E-state index contributed by atoms with van der Waals surface area (Å²) in [5.74, 6) is 1.72. The lowest BCUT2D eigenvalue weighted by Crippen LogP contribution is -2.22. The van der Waals surface area contributed by atoms with Crippen molar-refractivity contribution in [2.75, 3.05) is 34.7 Å². The van der Waals surface area contributed by atoms with Crippen molar-refractivity contribution in [3.05, 3.63) is 29.3 Å². The standard InChI is InChI=1S/C20H30O6/c1-14-17(23-6)15(12-16(18(14)24-7)26-13-22-5)10-8-9-11-25-19(21)20(2,3)4/h8-9,12H,10-11,13H2,1-7H3/b9-8+. The Morgan fingerprint density at radius 3 is 2.27 bits per heavy atom. The van der Waals surface area contributed by atoms with Gasteiger partial charge in [0, 0.05) is 18.2 Å². The number of allylic oxidation sites excluding steroid dienone is 1. The largest absolute Gasteiger partial charge is 0.496 e. The molecule has 1 rings (SSSR count). The van der Waals surface area contributed by atoms with E-state index in [-0.39, 0.29) is 19.4 Å². The highest BCUT2D eigenvalue weighted by Gasteiger charge is 2.22. The van der Waals surface area contributed by atoms with Crippen LogP contribution in [-0.4, -0.2) is 40.7 Å².